The minimum atomic E-state index is -4.48. The molecule has 0 saturated heterocycles. The maximum atomic E-state index is 13.3. The van der Waals surface area contributed by atoms with Gasteiger partial charge in [-0.2, -0.15) is 13.2 Å². The Balaban J connectivity index is 3.40. The summed E-state index contributed by atoms with van der Waals surface area (Å²) < 4.78 is 52.4. The molecule has 1 N–H and O–H groups in total. The highest BCUT2D eigenvalue weighted by Gasteiger charge is 2.38. The van der Waals surface area contributed by atoms with E-state index in [1.54, 1.807) is 0 Å². The van der Waals surface area contributed by atoms with Gasteiger partial charge < -0.3 is 5.32 Å². The Bertz CT molecular complexity index is 432. The molecule has 0 fully saturated rings. The second-order valence-electron chi connectivity index (χ2n) is 5.59. The van der Waals surface area contributed by atoms with Crippen LogP contribution in [0.15, 0.2) is 18.2 Å². The van der Waals surface area contributed by atoms with Crippen molar-refractivity contribution in [3.8, 4) is 0 Å². The van der Waals surface area contributed by atoms with Gasteiger partial charge in [-0.05, 0) is 35.7 Å². The number of nitrogens with one attached hydrogen (secondary N) is 1. The highest BCUT2D eigenvalue weighted by atomic mass is 19.4. The molecule has 0 spiro atoms. The van der Waals surface area contributed by atoms with Crippen LogP contribution in [0.25, 0.3) is 0 Å². The first-order valence-electron chi connectivity index (χ1n) is 6.17. The van der Waals surface area contributed by atoms with E-state index in [0.717, 1.165) is 18.2 Å². The number of benzene rings is 1. The van der Waals surface area contributed by atoms with E-state index in [4.69, 9.17) is 0 Å². The van der Waals surface area contributed by atoms with Gasteiger partial charge in [-0.15, -0.1) is 0 Å². The SMILES string of the molecule is CCNC(c1cc(F)ccc1C(F)(F)F)C(C)(C)C. The monoisotopic (exact) mass is 277 g/mol. The lowest BCUT2D eigenvalue weighted by Crippen LogP contribution is -2.34. The number of halogens is 4. The van der Waals surface area contributed by atoms with E-state index in [1.807, 2.05) is 27.7 Å². The van der Waals surface area contributed by atoms with Crippen LogP contribution < -0.4 is 5.32 Å². The molecule has 108 valence electrons. The zero-order valence-corrected chi connectivity index (χ0v) is 11.5. The Kier molecular flexibility index (Phi) is 4.61. The van der Waals surface area contributed by atoms with Crippen molar-refractivity contribution in [2.45, 2.75) is 39.9 Å². The Hall–Kier alpha value is -1.10. The van der Waals surface area contributed by atoms with Crippen molar-refractivity contribution >= 4 is 0 Å². The maximum Gasteiger partial charge on any atom is 0.416 e. The second kappa shape index (κ2) is 5.49. The summed E-state index contributed by atoms with van der Waals surface area (Å²) in [7, 11) is 0. The van der Waals surface area contributed by atoms with Crippen LogP contribution >= 0.6 is 0 Å². The molecule has 0 aliphatic rings. The average molecular weight is 277 g/mol. The molecule has 0 aromatic heterocycles. The van der Waals surface area contributed by atoms with Gasteiger partial charge in [0.15, 0.2) is 0 Å². The summed E-state index contributed by atoms with van der Waals surface area (Å²) in [5.74, 6) is -0.657. The number of hydrogen-bond donors (Lipinski definition) is 1. The Labute approximate surface area is 111 Å². The lowest BCUT2D eigenvalue weighted by Gasteiger charge is -2.33. The van der Waals surface area contributed by atoms with Crippen molar-refractivity contribution < 1.29 is 17.6 Å². The largest absolute Gasteiger partial charge is 0.416 e. The van der Waals surface area contributed by atoms with Crippen LogP contribution in [0.4, 0.5) is 17.6 Å². The van der Waals surface area contributed by atoms with Gasteiger partial charge in [0.05, 0.1) is 5.56 Å². The van der Waals surface area contributed by atoms with Gasteiger partial charge >= 0.3 is 6.18 Å². The van der Waals surface area contributed by atoms with Crippen LogP contribution in [-0.4, -0.2) is 6.54 Å². The summed E-state index contributed by atoms with van der Waals surface area (Å²) in [5.41, 5.74) is -1.28. The van der Waals surface area contributed by atoms with E-state index in [0.29, 0.717) is 6.54 Å². The van der Waals surface area contributed by atoms with Gasteiger partial charge in [-0.1, -0.05) is 27.7 Å². The molecule has 1 aromatic carbocycles. The predicted octanol–water partition coefficient (Wildman–Crippen LogP) is 4.54. The van der Waals surface area contributed by atoms with Crippen LogP contribution in [-0.2, 0) is 6.18 Å². The second-order valence-corrected chi connectivity index (χ2v) is 5.59. The molecular formula is C14H19F4N. The number of alkyl halides is 3. The molecule has 0 amide bonds. The molecule has 0 radical (unpaired) electrons. The van der Waals surface area contributed by atoms with Gasteiger partial charge in [-0.3, -0.25) is 0 Å². The van der Waals surface area contributed by atoms with E-state index in [-0.39, 0.29) is 5.56 Å². The van der Waals surface area contributed by atoms with Crippen molar-refractivity contribution in [3.05, 3.63) is 35.1 Å². The van der Waals surface area contributed by atoms with Crippen LogP contribution in [0, 0.1) is 11.2 Å². The first kappa shape index (κ1) is 16.0. The van der Waals surface area contributed by atoms with Crippen molar-refractivity contribution in [2.24, 2.45) is 5.41 Å². The first-order chi connectivity index (χ1) is 8.57. The smallest absolute Gasteiger partial charge is 0.310 e. The number of rotatable bonds is 3. The topological polar surface area (TPSA) is 12.0 Å². The van der Waals surface area contributed by atoms with Crippen LogP contribution in [0.3, 0.4) is 0 Å². The quantitative estimate of drug-likeness (QED) is 0.800. The van der Waals surface area contributed by atoms with Crippen LogP contribution in [0.5, 0.6) is 0 Å². The minimum absolute atomic E-state index is 0.0400. The molecule has 0 aliphatic carbocycles. The van der Waals surface area contributed by atoms with E-state index in [9.17, 15) is 17.6 Å². The fourth-order valence-electron chi connectivity index (χ4n) is 2.12. The maximum absolute atomic E-state index is 13.3. The van der Waals surface area contributed by atoms with Crippen molar-refractivity contribution in [1.82, 2.24) is 5.32 Å². The van der Waals surface area contributed by atoms with Crippen molar-refractivity contribution in [1.29, 1.82) is 0 Å². The molecule has 1 aromatic rings. The lowest BCUT2D eigenvalue weighted by atomic mass is 9.80. The molecule has 19 heavy (non-hydrogen) atoms. The molecule has 0 bridgehead atoms. The first-order valence-corrected chi connectivity index (χ1v) is 6.17. The highest BCUT2D eigenvalue weighted by Crippen LogP contribution is 2.40. The zero-order valence-electron chi connectivity index (χ0n) is 11.5. The Morgan fingerprint density at radius 3 is 2.16 bits per heavy atom. The third-order valence-corrected chi connectivity index (χ3v) is 2.90. The summed E-state index contributed by atoms with van der Waals surface area (Å²) in [5, 5.41) is 3.01. The average Bonchev–Trinajstić information content (AvgIpc) is 2.22. The minimum Gasteiger partial charge on any atom is -0.310 e. The van der Waals surface area contributed by atoms with Gasteiger partial charge in [0.1, 0.15) is 5.82 Å². The third kappa shape index (κ3) is 3.93. The molecule has 5 heteroatoms. The third-order valence-electron chi connectivity index (χ3n) is 2.90. The summed E-state index contributed by atoms with van der Waals surface area (Å²) in [6, 6.07) is 2.06. The Morgan fingerprint density at radius 2 is 1.74 bits per heavy atom. The normalized spacial score (nSPS) is 14.5. The van der Waals surface area contributed by atoms with E-state index < -0.39 is 29.0 Å². The lowest BCUT2D eigenvalue weighted by molar-refractivity contribution is -0.138. The molecule has 1 nitrogen and oxygen atoms in total. The standard InChI is InChI=1S/C14H19F4N/c1-5-19-12(13(2,3)4)10-8-9(15)6-7-11(10)14(16,17)18/h6-8,12,19H,5H2,1-4H3. The molecule has 1 unspecified atom stereocenters. The summed E-state index contributed by atoms with van der Waals surface area (Å²) in [6.45, 7) is 7.79. The van der Waals surface area contributed by atoms with Crippen LogP contribution in [0.1, 0.15) is 44.9 Å². The van der Waals surface area contributed by atoms with Crippen molar-refractivity contribution in [3.63, 3.8) is 0 Å². The number of hydrogen-bond acceptors (Lipinski definition) is 1. The molecular weight excluding hydrogens is 258 g/mol. The van der Waals surface area contributed by atoms with Gasteiger partial charge in [0.2, 0.25) is 0 Å². The molecule has 0 aliphatic heterocycles. The Morgan fingerprint density at radius 1 is 1.16 bits per heavy atom. The molecule has 1 atom stereocenters. The van der Waals surface area contributed by atoms with Gasteiger partial charge in [0.25, 0.3) is 0 Å². The molecule has 0 saturated carbocycles. The van der Waals surface area contributed by atoms with E-state index in [1.165, 1.54) is 0 Å². The predicted molar refractivity (Wildman–Crippen MR) is 67.3 cm³/mol. The molecule has 1 rings (SSSR count). The highest BCUT2D eigenvalue weighted by molar-refractivity contribution is 5.34. The van der Waals surface area contributed by atoms with Gasteiger partial charge in [0, 0.05) is 6.04 Å². The van der Waals surface area contributed by atoms with Crippen molar-refractivity contribution in [2.75, 3.05) is 6.54 Å². The van der Waals surface area contributed by atoms with E-state index in [2.05, 4.69) is 5.32 Å². The van der Waals surface area contributed by atoms with Gasteiger partial charge in [-0.25, -0.2) is 4.39 Å². The van der Waals surface area contributed by atoms with Crippen LogP contribution in [0.2, 0.25) is 0 Å². The summed E-state index contributed by atoms with van der Waals surface area (Å²) >= 11 is 0. The fraction of sp³-hybridized carbons (Fsp3) is 0.571. The van der Waals surface area contributed by atoms with E-state index >= 15 is 0 Å². The summed E-state index contributed by atoms with van der Waals surface area (Å²) in [6.07, 6.45) is -4.48. The molecule has 0 heterocycles. The zero-order chi connectivity index (χ0) is 14.8. The summed E-state index contributed by atoms with van der Waals surface area (Å²) in [4.78, 5) is 0. The fourth-order valence-corrected chi connectivity index (χ4v) is 2.12.